The van der Waals surface area contributed by atoms with Crippen LogP contribution in [0.2, 0.25) is 5.02 Å². The lowest BCUT2D eigenvalue weighted by Crippen LogP contribution is -2.35. The molecule has 0 saturated carbocycles. The zero-order valence-electron chi connectivity index (χ0n) is 23.4. The summed E-state index contributed by atoms with van der Waals surface area (Å²) in [5.74, 6) is -0.0551. The van der Waals surface area contributed by atoms with Gasteiger partial charge in [-0.25, -0.2) is 23.5 Å². The number of benzene rings is 2. The SMILES string of the molecule is O=C(O)c1ccc2nc(CN3CCC(c4cccc5c4OC(c4ccc(Cl)cc4F)CC5F)CC3)n(CC3CCO3)c2n1. The summed E-state index contributed by atoms with van der Waals surface area (Å²) < 4.78 is 44.1. The molecule has 7 rings (SSSR count). The highest BCUT2D eigenvalue weighted by Gasteiger charge is 2.35. The van der Waals surface area contributed by atoms with Crippen LogP contribution < -0.4 is 4.74 Å². The Balaban J connectivity index is 1.09. The summed E-state index contributed by atoms with van der Waals surface area (Å²) >= 11 is 5.94. The van der Waals surface area contributed by atoms with Crippen LogP contribution in [0.1, 0.15) is 76.9 Å². The lowest BCUT2D eigenvalue weighted by molar-refractivity contribution is -0.0593. The van der Waals surface area contributed by atoms with Gasteiger partial charge in [-0.05, 0) is 68.1 Å². The van der Waals surface area contributed by atoms with E-state index in [1.807, 2.05) is 16.7 Å². The molecule has 2 aromatic carbocycles. The minimum absolute atomic E-state index is 0.0134. The fraction of sp³-hybridized carbons (Fsp3) is 0.406. The van der Waals surface area contributed by atoms with Crippen LogP contribution in [0, 0.1) is 5.82 Å². The average Bonchev–Trinajstić information content (AvgIpc) is 3.31. The quantitative estimate of drug-likeness (QED) is 0.252. The number of aromatic carboxylic acids is 1. The normalized spacial score (nSPS) is 22.6. The largest absolute Gasteiger partial charge is 0.485 e. The maximum atomic E-state index is 15.4. The Labute approximate surface area is 252 Å². The van der Waals surface area contributed by atoms with Gasteiger partial charge in [-0.15, -0.1) is 0 Å². The molecule has 0 bridgehead atoms. The molecule has 11 heteroatoms. The Morgan fingerprint density at radius 1 is 1.05 bits per heavy atom. The van der Waals surface area contributed by atoms with Gasteiger partial charge < -0.3 is 19.1 Å². The lowest BCUT2D eigenvalue weighted by atomic mass is 9.85. The topological polar surface area (TPSA) is 89.7 Å². The Hall–Kier alpha value is -3.60. The molecule has 5 heterocycles. The standard InChI is InChI=1S/C32H31ClF2N4O4/c33-19-4-5-22(24(34)14-19)28-15-25(35)23-3-1-2-21(30(23)43-28)18-8-11-38(12-9-18)17-29-36-26-6-7-27(32(40)41)37-31(26)39(29)16-20-10-13-42-20/h1-7,14,18,20,25,28H,8-13,15-17H2,(H,40,41). The molecular weight excluding hydrogens is 578 g/mol. The molecule has 43 heavy (non-hydrogen) atoms. The third-order valence-corrected chi connectivity index (χ3v) is 9.10. The third-order valence-electron chi connectivity index (χ3n) is 8.87. The number of alkyl halides is 1. The molecule has 1 N–H and O–H groups in total. The fourth-order valence-electron chi connectivity index (χ4n) is 6.45. The van der Waals surface area contributed by atoms with Crippen LogP contribution in [0.5, 0.6) is 5.75 Å². The van der Waals surface area contributed by atoms with E-state index in [-0.39, 0.29) is 29.2 Å². The van der Waals surface area contributed by atoms with Crippen LogP contribution >= 0.6 is 11.6 Å². The molecule has 0 aliphatic carbocycles. The number of likely N-dealkylation sites (tertiary alicyclic amines) is 1. The Morgan fingerprint density at radius 2 is 1.84 bits per heavy atom. The Bertz CT molecular complexity index is 1690. The van der Waals surface area contributed by atoms with Gasteiger partial charge in [-0.1, -0.05) is 35.9 Å². The van der Waals surface area contributed by atoms with Crippen molar-refractivity contribution in [3.05, 3.63) is 87.6 Å². The summed E-state index contributed by atoms with van der Waals surface area (Å²) in [4.78, 5) is 23.1. The summed E-state index contributed by atoms with van der Waals surface area (Å²) in [6.07, 6.45) is 0.733. The summed E-state index contributed by atoms with van der Waals surface area (Å²) in [5.41, 5.74) is 2.99. The number of pyridine rings is 1. The van der Waals surface area contributed by atoms with Gasteiger partial charge in [0.15, 0.2) is 11.3 Å². The van der Waals surface area contributed by atoms with Crippen molar-refractivity contribution in [2.75, 3.05) is 19.7 Å². The van der Waals surface area contributed by atoms with Gasteiger partial charge >= 0.3 is 5.97 Å². The number of hydrogen-bond acceptors (Lipinski definition) is 6. The van der Waals surface area contributed by atoms with E-state index >= 15 is 4.39 Å². The molecule has 2 aromatic heterocycles. The molecule has 0 spiro atoms. The number of nitrogens with zero attached hydrogens (tertiary/aromatic N) is 4. The number of imidazole rings is 1. The van der Waals surface area contributed by atoms with E-state index in [1.165, 1.54) is 12.1 Å². The van der Waals surface area contributed by atoms with Crippen molar-refractivity contribution in [1.82, 2.24) is 19.4 Å². The van der Waals surface area contributed by atoms with E-state index in [2.05, 4.69) is 9.88 Å². The number of halogens is 3. The van der Waals surface area contributed by atoms with Crippen LogP contribution in [0.3, 0.4) is 0 Å². The van der Waals surface area contributed by atoms with Crippen molar-refractivity contribution in [2.24, 2.45) is 0 Å². The number of para-hydroxylation sites is 1. The van der Waals surface area contributed by atoms with Gasteiger partial charge in [0.1, 0.15) is 35.2 Å². The van der Waals surface area contributed by atoms with Gasteiger partial charge in [0, 0.05) is 29.2 Å². The number of carbonyl (C=O) groups is 1. The first kappa shape index (κ1) is 28.2. The van der Waals surface area contributed by atoms with Crippen LogP contribution in [-0.2, 0) is 17.8 Å². The molecule has 3 aliphatic heterocycles. The molecular formula is C32H31ClF2N4O4. The molecule has 3 aliphatic rings. The van der Waals surface area contributed by atoms with Gasteiger partial charge in [-0.2, -0.15) is 0 Å². The first-order valence-corrected chi connectivity index (χ1v) is 15.0. The number of rotatable bonds is 7. The Kier molecular flexibility index (Phi) is 7.53. The summed E-state index contributed by atoms with van der Waals surface area (Å²) in [5, 5.41) is 9.75. The van der Waals surface area contributed by atoms with Crippen molar-refractivity contribution in [2.45, 2.75) is 63.1 Å². The van der Waals surface area contributed by atoms with Crippen LogP contribution in [0.15, 0.2) is 48.5 Å². The number of piperidine rings is 1. The summed E-state index contributed by atoms with van der Waals surface area (Å²) in [7, 11) is 0. The van der Waals surface area contributed by atoms with E-state index in [1.54, 1.807) is 24.3 Å². The molecule has 2 fully saturated rings. The van der Waals surface area contributed by atoms with Crippen LogP contribution in [0.4, 0.5) is 8.78 Å². The minimum atomic E-state index is -1.26. The monoisotopic (exact) mass is 608 g/mol. The minimum Gasteiger partial charge on any atom is -0.485 e. The van der Waals surface area contributed by atoms with Crippen molar-refractivity contribution in [3.63, 3.8) is 0 Å². The first-order chi connectivity index (χ1) is 20.8. The van der Waals surface area contributed by atoms with Crippen molar-refractivity contribution < 1.29 is 28.2 Å². The van der Waals surface area contributed by atoms with Gasteiger partial charge in [0.05, 0.1) is 19.2 Å². The van der Waals surface area contributed by atoms with E-state index in [4.69, 9.17) is 26.1 Å². The second-order valence-electron chi connectivity index (χ2n) is 11.6. The van der Waals surface area contributed by atoms with Gasteiger partial charge in [-0.3, -0.25) is 4.90 Å². The van der Waals surface area contributed by atoms with E-state index in [9.17, 15) is 14.3 Å². The smallest absolute Gasteiger partial charge is 0.354 e. The summed E-state index contributed by atoms with van der Waals surface area (Å²) in [6.45, 7) is 3.47. The predicted octanol–water partition coefficient (Wildman–Crippen LogP) is 6.62. The number of carboxylic acids is 1. The van der Waals surface area contributed by atoms with Crippen molar-refractivity contribution in [1.29, 1.82) is 0 Å². The number of ether oxygens (including phenoxy) is 2. The highest BCUT2D eigenvalue weighted by atomic mass is 35.5. The number of aromatic nitrogens is 3. The maximum absolute atomic E-state index is 15.4. The molecule has 8 nitrogen and oxygen atoms in total. The van der Waals surface area contributed by atoms with Gasteiger partial charge in [0.25, 0.3) is 0 Å². The van der Waals surface area contributed by atoms with Crippen LogP contribution in [0.25, 0.3) is 11.2 Å². The molecule has 0 amide bonds. The molecule has 3 atom stereocenters. The third kappa shape index (κ3) is 5.47. The second-order valence-corrected chi connectivity index (χ2v) is 12.0. The molecule has 4 aromatic rings. The van der Waals surface area contributed by atoms with Crippen molar-refractivity contribution in [3.8, 4) is 5.75 Å². The highest BCUT2D eigenvalue weighted by Crippen LogP contribution is 2.48. The zero-order chi connectivity index (χ0) is 29.7. The zero-order valence-corrected chi connectivity index (χ0v) is 24.1. The summed E-state index contributed by atoms with van der Waals surface area (Å²) in [6, 6.07) is 13.2. The van der Waals surface area contributed by atoms with Crippen LogP contribution in [-0.4, -0.2) is 56.3 Å². The number of carboxylic acid groups (broad SMARTS) is 1. The maximum Gasteiger partial charge on any atom is 0.354 e. The first-order valence-electron chi connectivity index (χ1n) is 14.7. The number of hydrogen-bond donors (Lipinski definition) is 1. The van der Waals surface area contributed by atoms with Crippen molar-refractivity contribution >= 4 is 28.7 Å². The fourth-order valence-corrected chi connectivity index (χ4v) is 6.61. The average molecular weight is 609 g/mol. The molecule has 224 valence electrons. The molecule has 2 saturated heterocycles. The molecule has 0 radical (unpaired) electrons. The lowest BCUT2D eigenvalue weighted by Gasteiger charge is -2.36. The van der Waals surface area contributed by atoms with E-state index in [0.717, 1.165) is 50.3 Å². The highest BCUT2D eigenvalue weighted by molar-refractivity contribution is 6.30. The Morgan fingerprint density at radius 3 is 2.56 bits per heavy atom. The van der Waals surface area contributed by atoms with Gasteiger partial charge in [0.2, 0.25) is 0 Å². The predicted molar refractivity (Wildman–Crippen MR) is 156 cm³/mol. The van der Waals surface area contributed by atoms with E-state index < -0.39 is 24.1 Å². The van der Waals surface area contributed by atoms with E-state index in [0.29, 0.717) is 41.1 Å². The second kappa shape index (κ2) is 11.5. The molecule has 3 unspecified atom stereocenters. The number of fused-ring (bicyclic) bond motifs is 2.